The van der Waals surface area contributed by atoms with Crippen LogP contribution in [0.3, 0.4) is 0 Å². The summed E-state index contributed by atoms with van der Waals surface area (Å²) in [6.07, 6.45) is 0. The molecule has 4 heteroatoms. The zero-order valence-electron chi connectivity index (χ0n) is 13.1. The van der Waals surface area contributed by atoms with Gasteiger partial charge in [-0.2, -0.15) is 0 Å². The number of carbonyl (C=O) groups excluding carboxylic acids is 1. The fraction of sp³-hybridized carbons (Fsp3) is 0.316. The van der Waals surface area contributed by atoms with Crippen molar-refractivity contribution in [3.05, 3.63) is 65.7 Å². The Morgan fingerprint density at radius 1 is 0.957 bits per heavy atom. The molecule has 4 rings (SSSR count). The van der Waals surface area contributed by atoms with Crippen molar-refractivity contribution in [1.82, 2.24) is 4.90 Å². The summed E-state index contributed by atoms with van der Waals surface area (Å²) in [5.41, 5.74) is 9.14. The van der Waals surface area contributed by atoms with Gasteiger partial charge < -0.3 is 15.5 Å². The highest BCUT2D eigenvalue weighted by atomic mass is 16.2. The first-order valence-electron chi connectivity index (χ1n) is 8.07. The summed E-state index contributed by atoms with van der Waals surface area (Å²) in [6, 6.07) is 18.0. The van der Waals surface area contributed by atoms with E-state index in [-0.39, 0.29) is 5.91 Å². The topological polar surface area (TPSA) is 49.6 Å². The van der Waals surface area contributed by atoms with Gasteiger partial charge in [-0.15, -0.1) is 0 Å². The molecule has 2 aromatic carbocycles. The van der Waals surface area contributed by atoms with E-state index in [1.54, 1.807) is 0 Å². The maximum absolute atomic E-state index is 12.4. The number of hydrogen-bond donors (Lipinski definition) is 1. The molecule has 0 aromatic heterocycles. The minimum Gasteiger partial charge on any atom is -0.370 e. The van der Waals surface area contributed by atoms with Crippen molar-refractivity contribution >= 4 is 11.6 Å². The molecule has 2 saturated heterocycles. The van der Waals surface area contributed by atoms with Crippen LogP contribution in [0.1, 0.15) is 15.9 Å². The van der Waals surface area contributed by atoms with Crippen LogP contribution in [-0.4, -0.2) is 37.0 Å². The van der Waals surface area contributed by atoms with E-state index >= 15 is 0 Å². The second-order valence-corrected chi connectivity index (χ2v) is 6.75. The molecule has 0 radical (unpaired) electrons. The Hall–Kier alpha value is -2.33. The standard InChI is InChI=1S/C19H21N3O/c20-10-15-6-8-17(9-7-15)21-11-19(12-21)13-22(14-19)18(23)16-4-2-1-3-5-16/h1-9H,10-14,20H2. The third kappa shape index (κ3) is 2.49. The lowest BCUT2D eigenvalue weighted by Crippen LogP contribution is -2.73. The normalized spacial score (nSPS) is 18.5. The van der Waals surface area contributed by atoms with Crippen molar-refractivity contribution in [2.75, 3.05) is 31.1 Å². The smallest absolute Gasteiger partial charge is 0.253 e. The predicted octanol–water partition coefficient (Wildman–Crippen LogP) is 2.11. The zero-order chi connectivity index (χ0) is 15.9. The lowest BCUT2D eigenvalue weighted by atomic mass is 9.72. The number of nitrogens with two attached hydrogens (primary N) is 1. The third-order valence-electron chi connectivity index (χ3n) is 4.95. The van der Waals surface area contributed by atoms with Crippen LogP contribution >= 0.6 is 0 Å². The number of anilines is 1. The molecule has 23 heavy (non-hydrogen) atoms. The maximum Gasteiger partial charge on any atom is 0.253 e. The van der Waals surface area contributed by atoms with Crippen LogP contribution in [0.15, 0.2) is 54.6 Å². The van der Waals surface area contributed by atoms with Gasteiger partial charge in [0.05, 0.1) is 0 Å². The highest BCUT2D eigenvalue weighted by molar-refractivity contribution is 5.94. The van der Waals surface area contributed by atoms with Gasteiger partial charge in [-0.05, 0) is 29.8 Å². The Morgan fingerprint density at radius 2 is 1.61 bits per heavy atom. The first-order chi connectivity index (χ1) is 11.2. The minimum absolute atomic E-state index is 0.155. The molecule has 2 fully saturated rings. The van der Waals surface area contributed by atoms with Crippen LogP contribution in [0.2, 0.25) is 0 Å². The van der Waals surface area contributed by atoms with E-state index in [0.717, 1.165) is 37.3 Å². The molecule has 0 aliphatic carbocycles. The van der Waals surface area contributed by atoms with Gasteiger partial charge in [-0.25, -0.2) is 0 Å². The SMILES string of the molecule is NCc1ccc(N2CC3(CN(C(=O)c4ccccc4)C3)C2)cc1. The van der Waals surface area contributed by atoms with Gasteiger partial charge in [0.25, 0.3) is 5.91 Å². The zero-order valence-corrected chi connectivity index (χ0v) is 13.1. The number of likely N-dealkylation sites (tertiary alicyclic amines) is 1. The van der Waals surface area contributed by atoms with E-state index in [1.165, 1.54) is 5.69 Å². The van der Waals surface area contributed by atoms with Crippen LogP contribution < -0.4 is 10.6 Å². The van der Waals surface area contributed by atoms with Gasteiger partial charge in [0.2, 0.25) is 0 Å². The number of hydrogen-bond acceptors (Lipinski definition) is 3. The summed E-state index contributed by atoms with van der Waals surface area (Å²) < 4.78 is 0. The predicted molar refractivity (Wildman–Crippen MR) is 91.3 cm³/mol. The fourth-order valence-corrected chi connectivity index (χ4v) is 3.66. The quantitative estimate of drug-likeness (QED) is 0.945. The van der Waals surface area contributed by atoms with Crippen LogP contribution in [0.5, 0.6) is 0 Å². The maximum atomic E-state index is 12.4. The Balaban J connectivity index is 1.33. The van der Waals surface area contributed by atoms with Crippen molar-refractivity contribution in [2.45, 2.75) is 6.54 Å². The molecule has 0 unspecified atom stereocenters. The number of carbonyl (C=O) groups is 1. The second-order valence-electron chi connectivity index (χ2n) is 6.75. The summed E-state index contributed by atoms with van der Waals surface area (Å²) >= 11 is 0. The molecule has 0 bridgehead atoms. The molecule has 2 aliphatic rings. The highest BCUT2D eigenvalue weighted by Gasteiger charge is 2.53. The van der Waals surface area contributed by atoms with E-state index in [1.807, 2.05) is 35.2 Å². The highest BCUT2D eigenvalue weighted by Crippen LogP contribution is 2.42. The van der Waals surface area contributed by atoms with Crippen molar-refractivity contribution in [2.24, 2.45) is 11.1 Å². The molecule has 2 N–H and O–H groups in total. The monoisotopic (exact) mass is 307 g/mol. The van der Waals surface area contributed by atoms with Crippen molar-refractivity contribution in [1.29, 1.82) is 0 Å². The summed E-state index contributed by atoms with van der Waals surface area (Å²) in [6.45, 7) is 4.40. The van der Waals surface area contributed by atoms with Gasteiger partial charge in [-0.1, -0.05) is 30.3 Å². The summed E-state index contributed by atoms with van der Waals surface area (Å²) in [4.78, 5) is 16.7. The van der Waals surface area contributed by atoms with Gasteiger partial charge >= 0.3 is 0 Å². The molecule has 2 aliphatic heterocycles. The van der Waals surface area contributed by atoms with Crippen LogP contribution in [0.4, 0.5) is 5.69 Å². The number of nitrogens with zero attached hydrogens (tertiary/aromatic N) is 2. The average Bonchev–Trinajstić information content (AvgIpc) is 2.53. The van der Waals surface area contributed by atoms with Crippen LogP contribution in [-0.2, 0) is 6.54 Å². The Kier molecular flexibility index (Phi) is 3.34. The van der Waals surface area contributed by atoms with Gasteiger partial charge in [-0.3, -0.25) is 4.79 Å². The summed E-state index contributed by atoms with van der Waals surface area (Å²) in [5.74, 6) is 0.155. The van der Waals surface area contributed by atoms with Crippen molar-refractivity contribution < 1.29 is 4.79 Å². The molecular weight excluding hydrogens is 286 g/mol. The summed E-state index contributed by atoms with van der Waals surface area (Å²) in [7, 11) is 0. The first-order valence-corrected chi connectivity index (χ1v) is 8.07. The van der Waals surface area contributed by atoms with Crippen molar-refractivity contribution in [3.63, 3.8) is 0 Å². The minimum atomic E-state index is 0.155. The Bertz CT molecular complexity index is 697. The van der Waals surface area contributed by atoms with Crippen LogP contribution in [0, 0.1) is 5.41 Å². The molecule has 1 spiro atoms. The molecule has 4 nitrogen and oxygen atoms in total. The molecule has 0 saturated carbocycles. The van der Waals surface area contributed by atoms with E-state index < -0.39 is 0 Å². The first kappa shape index (κ1) is 14.3. The van der Waals surface area contributed by atoms with Gasteiger partial charge in [0.15, 0.2) is 0 Å². The van der Waals surface area contributed by atoms with Gasteiger partial charge in [0.1, 0.15) is 0 Å². The second kappa shape index (κ2) is 5.39. The van der Waals surface area contributed by atoms with Crippen molar-refractivity contribution in [3.8, 4) is 0 Å². The lowest BCUT2D eigenvalue weighted by molar-refractivity contribution is -0.0104. The molecule has 2 heterocycles. The molecule has 118 valence electrons. The summed E-state index contributed by atoms with van der Waals surface area (Å²) in [5, 5.41) is 0. The van der Waals surface area contributed by atoms with Crippen LogP contribution in [0.25, 0.3) is 0 Å². The lowest BCUT2D eigenvalue weighted by Gasteiger charge is -2.61. The average molecular weight is 307 g/mol. The van der Waals surface area contributed by atoms with E-state index in [0.29, 0.717) is 12.0 Å². The van der Waals surface area contributed by atoms with E-state index in [2.05, 4.69) is 29.2 Å². The van der Waals surface area contributed by atoms with E-state index in [9.17, 15) is 4.79 Å². The number of benzene rings is 2. The van der Waals surface area contributed by atoms with Gasteiger partial charge in [0, 0.05) is 49.4 Å². The fourth-order valence-electron chi connectivity index (χ4n) is 3.66. The molecular formula is C19H21N3O. The molecule has 0 atom stereocenters. The Morgan fingerprint density at radius 3 is 2.22 bits per heavy atom. The Labute approximate surface area is 136 Å². The third-order valence-corrected chi connectivity index (χ3v) is 4.95. The van der Waals surface area contributed by atoms with E-state index in [4.69, 9.17) is 5.73 Å². The molecule has 2 aromatic rings. The largest absolute Gasteiger partial charge is 0.370 e. The molecule has 1 amide bonds. The number of rotatable bonds is 3. The number of amides is 1.